The van der Waals surface area contributed by atoms with Gasteiger partial charge in [-0.15, -0.1) is 11.8 Å². The van der Waals surface area contributed by atoms with Crippen LogP contribution in [0.5, 0.6) is 0 Å². The van der Waals surface area contributed by atoms with Gasteiger partial charge in [0.15, 0.2) is 0 Å². The first-order valence-corrected chi connectivity index (χ1v) is 11.3. The van der Waals surface area contributed by atoms with Gasteiger partial charge >= 0.3 is 6.03 Å². The molecule has 6 heteroatoms. The van der Waals surface area contributed by atoms with E-state index in [-0.39, 0.29) is 6.03 Å². The lowest BCUT2D eigenvalue weighted by Gasteiger charge is -2.51. The first-order valence-electron chi connectivity index (χ1n) is 10.1. The molecule has 5 heterocycles. The van der Waals surface area contributed by atoms with E-state index in [0.717, 1.165) is 30.2 Å². The van der Waals surface area contributed by atoms with Gasteiger partial charge in [-0.3, -0.25) is 9.88 Å². The highest BCUT2D eigenvalue weighted by atomic mass is 32.2. The third kappa shape index (κ3) is 2.99. The summed E-state index contributed by atoms with van der Waals surface area (Å²) in [5.41, 5.74) is 2.16. The fourth-order valence-corrected chi connectivity index (χ4v) is 6.03. The van der Waals surface area contributed by atoms with Gasteiger partial charge in [0, 0.05) is 35.8 Å². The van der Waals surface area contributed by atoms with Crippen molar-refractivity contribution in [3.8, 4) is 0 Å². The summed E-state index contributed by atoms with van der Waals surface area (Å²) in [5.74, 6) is 0.946. The predicted molar refractivity (Wildman–Crippen MR) is 113 cm³/mol. The smallest absolute Gasteiger partial charge is 0.319 e. The van der Waals surface area contributed by atoms with E-state index >= 15 is 0 Å². The normalized spacial score (nSPS) is 30.9. The van der Waals surface area contributed by atoms with Gasteiger partial charge in [0.25, 0.3) is 0 Å². The lowest BCUT2D eigenvalue weighted by Crippen LogP contribution is -2.61. The van der Waals surface area contributed by atoms with Gasteiger partial charge < -0.3 is 10.2 Å². The molecule has 28 heavy (non-hydrogen) atoms. The minimum absolute atomic E-state index is 0.0386. The molecule has 4 fully saturated rings. The summed E-state index contributed by atoms with van der Waals surface area (Å²) in [6, 6.07) is 13.0. The highest BCUT2D eigenvalue weighted by Crippen LogP contribution is 2.46. The standard InChI is InChI=1S/C22H26N4OS/c1-28-19-7-3-2-6-18(19)24-22(27)26-14-17(16-5-4-10-23-13-16)21-20(26)15-8-11-25(21)12-9-15/h2-7,10,13,15,17,20-21H,8-9,11-12,14H2,1H3,(H,24,27). The number of carbonyl (C=O) groups excluding carboxylic acids is 1. The number of likely N-dealkylation sites (tertiary alicyclic amines) is 1. The van der Waals surface area contributed by atoms with Crippen LogP contribution in [0.15, 0.2) is 53.7 Å². The first kappa shape index (κ1) is 18.0. The van der Waals surface area contributed by atoms with E-state index in [4.69, 9.17) is 0 Å². The number of hydrogen-bond acceptors (Lipinski definition) is 4. The summed E-state index contributed by atoms with van der Waals surface area (Å²) in [6.07, 6.45) is 8.25. The van der Waals surface area contributed by atoms with Gasteiger partial charge in [-0.2, -0.15) is 0 Å². The van der Waals surface area contributed by atoms with Crippen molar-refractivity contribution < 1.29 is 4.79 Å². The predicted octanol–water partition coefficient (Wildman–Crippen LogP) is 3.90. The number of piperidine rings is 3. The average molecular weight is 395 g/mol. The number of para-hydroxylation sites is 1. The molecular weight excluding hydrogens is 368 g/mol. The van der Waals surface area contributed by atoms with Crippen molar-refractivity contribution >= 4 is 23.5 Å². The van der Waals surface area contributed by atoms with Crippen LogP contribution in [0.25, 0.3) is 0 Å². The summed E-state index contributed by atoms with van der Waals surface area (Å²) in [5, 5.41) is 3.20. The quantitative estimate of drug-likeness (QED) is 0.802. The largest absolute Gasteiger partial charge is 0.322 e. The summed E-state index contributed by atoms with van der Waals surface area (Å²) in [7, 11) is 0. The molecule has 0 spiro atoms. The average Bonchev–Trinajstić information content (AvgIpc) is 3.19. The van der Waals surface area contributed by atoms with Crippen molar-refractivity contribution in [2.45, 2.75) is 35.7 Å². The number of aromatic nitrogens is 1. The van der Waals surface area contributed by atoms with Crippen molar-refractivity contribution in [2.75, 3.05) is 31.2 Å². The second-order valence-corrected chi connectivity index (χ2v) is 8.88. The van der Waals surface area contributed by atoms with Gasteiger partial charge in [0.1, 0.15) is 0 Å². The Morgan fingerprint density at radius 2 is 1.96 bits per heavy atom. The maximum absolute atomic E-state index is 13.4. The number of nitrogens with one attached hydrogen (secondary N) is 1. The van der Waals surface area contributed by atoms with Gasteiger partial charge in [0.05, 0.1) is 11.7 Å². The van der Waals surface area contributed by atoms with Crippen molar-refractivity contribution in [2.24, 2.45) is 5.92 Å². The molecule has 3 atom stereocenters. The van der Waals surface area contributed by atoms with E-state index in [1.165, 1.54) is 18.4 Å². The van der Waals surface area contributed by atoms with Crippen molar-refractivity contribution in [3.63, 3.8) is 0 Å². The third-order valence-corrected chi connectivity index (χ3v) is 7.51. The lowest BCUT2D eigenvalue weighted by molar-refractivity contribution is 0.00492. The molecule has 2 bridgehead atoms. The minimum atomic E-state index is 0.0386. The summed E-state index contributed by atoms with van der Waals surface area (Å²) >= 11 is 1.66. The molecule has 0 saturated carbocycles. The van der Waals surface area contributed by atoms with Crippen molar-refractivity contribution in [1.29, 1.82) is 0 Å². The zero-order valence-electron chi connectivity index (χ0n) is 16.1. The maximum atomic E-state index is 13.4. The van der Waals surface area contributed by atoms with E-state index in [9.17, 15) is 4.79 Å². The number of fused-ring (bicyclic) bond motifs is 2. The molecular formula is C22H26N4OS. The number of thioether (sulfide) groups is 1. The van der Waals surface area contributed by atoms with E-state index in [1.807, 2.05) is 42.9 Å². The third-order valence-electron chi connectivity index (χ3n) is 6.72. The molecule has 4 aliphatic heterocycles. The van der Waals surface area contributed by atoms with Crippen LogP contribution >= 0.6 is 11.8 Å². The van der Waals surface area contributed by atoms with Crippen molar-refractivity contribution in [1.82, 2.24) is 14.8 Å². The lowest BCUT2D eigenvalue weighted by atomic mass is 9.75. The topological polar surface area (TPSA) is 48.5 Å². The number of benzene rings is 1. The number of amides is 2. The molecule has 2 aromatic rings. The van der Waals surface area contributed by atoms with E-state index < -0.39 is 0 Å². The monoisotopic (exact) mass is 394 g/mol. The van der Waals surface area contributed by atoms with Crippen LogP contribution in [0, 0.1) is 5.92 Å². The molecule has 2 amide bonds. The van der Waals surface area contributed by atoms with E-state index in [1.54, 1.807) is 11.8 Å². The first-order chi connectivity index (χ1) is 13.8. The Kier molecular flexibility index (Phi) is 4.77. The fraction of sp³-hybridized carbons (Fsp3) is 0.455. The van der Waals surface area contributed by atoms with Crippen molar-refractivity contribution in [3.05, 3.63) is 54.4 Å². The van der Waals surface area contributed by atoms with Gasteiger partial charge in [-0.25, -0.2) is 4.79 Å². The Balaban J connectivity index is 1.45. The highest BCUT2D eigenvalue weighted by Gasteiger charge is 2.54. The van der Waals surface area contributed by atoms with Crippen LogP contribution < -0.4 is 5.32 Å². The second-order valence-electron chi connectivity index (χ2n) is 8.03. The number of pyridine rings is 1. The molecule has 0 radical (unpaired) electrons. The molecule has 1 aromatic heterocycles. The summed E-state index contributed by atoms with van der Waals surface area (Å²) in [4.78, 5) is 23.5. The molecule has 4 aliphatic rings. The maximum Gasteiger partial charge on any atom is 0.322 e. The van der Waals surface area contributed by atoms with Gasteiger partial charge in [-0.1, -0.05) is 18.2 Å². The molecule has 1 N–H and O–H groups in total. The van der Waals surface area contributed by atoms with Crippen LogP contribution in [-0.2, 0) is 0 Å². The molecule has 0 aliphatic carbocycles. The Hall–Kier alpha value is -2.05. The second kappa shape index (κ2) is 7.41. The van der Waals surface area contributed by atoms with Crippen LogP contribution in [-0.4, -0.2) is 58.8 Å². The highest BCUT2D eigenvalue weighted by molar-refractivity contribution is 7.98. The number of hydrogen-bond donors (Lipinski definition) is 1. The minimum Gasteiger partial charge on any atom is -0.319 e. The van der Waals surface area contributed by atoms with Gasteiger partial charge in [0.2, 0.25) is 0 Å². The Bertz CT molecular complexity index is 853. The SMILES string of the molecule is CSc1ccccc1NC(=O)N1CC(c2cccnc2)C2C1C1CCN2CC1. The van der Waals surface area contributed by atoms with Crippen LogP contribution in [0.3, 0.4) is 0 Å². The van der Waals surface area contributed by atoms with Gasteiger partial charge in [-0.05, 0) is 61.9 Å². The number of anilines is 1. The Morgan fingerprint density at radius 1 is 1.14 bits per heavy atom. The molecule has 146 valence electrons. The zero-order valence-corrected chi connectivity index (χ0v) is 16.9. The summed E-state index contributed by atoms with van der Waals surface area (Å²) in [6.45, 7) is 3.09. The molecule has 5 nitrogen and oxygen atoms in total. The number of carbonyl (C=O) groups is 1. The zero-order chi connectivity index (χ0) is 19.1. The van der Waals surface area contributed by atoms with Crippen LogP contribution in [0.2, 0.25) is 0 Å². The van der Waals surface area contributed by atoms with Crippen LogP contribution in [0.4, 0.5) is 10.5 Å². The van der Waals surface area contributed by atoms with E-state index in [2.05, 4.69) is 32.2 Å². The number of rotatable bonds is 3. The summed E-state index contributed by atoms with van der Waals surface area (Å²) < 4.78 is 0. The molecule has 1 aromatic carbocycles. The molecule has 6 rings (SSSR count). The number of nitrogens with zero attached hydrogens (tertiary/aromatic N) is 3. The Morgan fingerprint density at radius 3 is 2.71 bits per heavy atom. The Labute approximate surface area is 170 Å². The molecule has 3 unspecified atom stereocenters. The molecule has 4 saturated heterocycles. The number of urea groups is 1. The van der Waals surface area contributed by atoms with Crippen LogP contribution in [0.1, 0.15) is 24.3 Å². The van der Waals surface area contributed by atoms with E-state index in [0.29, 0.717) is 23.9 Å². The fourth-order valence-electron chi connectivity index (χ4n) is 5.48.